The van der Waals surface area contributed by atoms with Gasteiger partial charge in [-0.25, -0.2) is 4.98 Å². The van der Waals surface area contributed by atoms with Crippen LogP contribution in [0.5, 0.6) is 11.5 Å². The van der Waals surface area contributed by atoms with Crippen LogP contribution in [0, 0.1) is 0 Å². The zero-order valence-electron chi connectivity index (χ0n) is 15.4. The molecular formula is C21H23N3O3. The van der Waals surface area contributed by atoms with Gasteiger partial charge in [0.15, 0.2) is 11.5 Å². The van der Waals surface area contributed by atoms with Crippen LogP contribution in [-0.2, 0) is 17.8 Å². The number of carbonyl (C=O) groups excluding carboxylic acids is 1. The summed E-state index contributed by atoms with van der Waals surface area (Å²) in [5, 5.41) is 2.97. The van der Waals surface area contributed by atoms with E-state index < -0.39 is 0 Å². The number of fused-ring (bicyclic) bond motifs is 2. The smallest absolute Gasteiger partial charge is 0.227 e. The highest BCUT2D eigenvalue weighted by Crippen LogP contribution is 2.31. The molecule has 140 valence electrons. The number of benzene rings is 2. The van der Waals surface area contributed by atoms with Crippen molar-refractivity contribution in [3.8, 4) is 11.5 Å². The van der Waals surface area contributed by atoms with Crippen molar-refractivity contribution in [3.63, 3.8) is 0 Å². The van der Waals surface area contributed by atoms with Gasteiger partial charge in [0.05, 0.1) is 11.0 Å². The zero-order valence-corrected chi connectivity index (χ0v) is 15.4. The highest BCUT2D eigenvalue weighted by Gasteiger charge is 2.14. The summed E-state index contributed by atoms with van der Waals surface area (Å²) in [5.41, 5.74) is 2.99. The third-order valence-corrected chi connectivity index (χ3v) is 4.60. The Morgan fingerprint density at radius 1 is 1.15 bits per heavy atom. The molecule has 0 unspecified atom stereocenters. The fourth-order valence-electron chi connectivity index (χ4n) is 3.31. The Kier molecular flexibility index (Phi) is 4.96. The first kappa shape index (κ1) is 17.4. The standard InChI is InChI=1S/C21H23N3O3/c1-2-11-24-17-6-4-3-5-16(17)22-21(24)23-20(25)10-8-15-7-9-18-19(14-15)27-13-12-26-18/h3-7,9,14H,2,8,10-13H2,1H3,(H,22,23,25). The summed E-state index contributed by atoms with van der Waals surface area (Å²) in [5.74, 6) is 2.09. The maximum atomic E-state index is 12.5. The Morgan fingerprint density at radius 2 is 1.96 bits per heavy atom. The van der Waals surface area contributed by atoms with Gasteiger partial charge < -0.3 is 14.0 Å². The van der Waals surface area contributed by atoms with Crippen molar-refractivity contribution in [2.24, 2.45) is 0 Å². The molecule has 2 heterocycles. The molecular weight excluding hydrogens is 342 g/mol. The van der Waals surface area contributed by atoms with Crippen LogP contribution in [0.15, 0.2) is 42.5 Å². The lowest BCUT2D eigenvalue weighted by atomic mass is 10.1. The number of carbonyl (C=O) groups is 1. The summed E-state index contributed by atoms with van der Waals surface area (Å²) in [6.45, 7) is 4.07. The minimum absolute atomic E-state index is 0.0439. The molecule has 3 aromatic rings. The summed E-state index contributed by atoms with van der Waals surface area (Å²) in [6, 6.07) is 13.8. The molecule has 6 heteroatoms. The van der Waals surface area contributed by atoms with Crippen LogP contribution >= 0.6 is 0 Å². The SMILES string of the molecule is CCCn1c(NC(=O)CCc2ccc3c(c2)OCCO3)nc2ccccc21. The third kappa shape index (κ3) is 3.74. The van der Waals surface area contributed by atoms with E-state index in [-0.39, 0.29) is 5.91 Å². The van der Waals surface area contributed by atoms with Crippen LogP contribution in [0.1, 0.15) is 25.3 Å². The molecule has 1 N–H and O–H groups in total. The Bertz CT molecular complexity index is 964. The van der Waals surface area contributed by atoms with E-state index >= 15 is 0 Å². The third-order valence-electron chi connectivity index (χ3n) is 4.60. The van der Waals surface area contributed by atoms with Crippen molar-refractivity contribution in [3.05, 3.63) is 48.0 Å². The Hall–Kier alpha value is -3.02. The normalized spacial score (nSPS) is 12.9. The molecule has 2 aromatic carbocycles. The Balaban J connectivity index is 1.44. The molecule has 1 aliphatic heterocycles. The van der Waals surface area contributed by atoms with Crippen LogP contribution in [-0.4, -0.2) is 28.7 Å². The first-order valence-electron chi connectivity index (χ1n) is 9.38. The lowest BCUT2D eigenvalue weighted by Gasteiger charge is -2.18. The second kappa shape index (κ2) is 7.70. The highest BCUT2D eigenvalue weighted by atomic mass is 16.6. The lowest BCUT2D eigenvalue weighted by molar-refractivity contribution is -0.116. The number of nitrogens with one attached hydrogen (secondary N) is 1. The van der Waals surface area contributed by atoms with Crippen molar-refractivity contribution >= 4 is 22.9 Å². The predicted molar refractivity (Wildman–Crippen MR) is 104 cm³/mol. The van der Waals surface area contributed by atoms with Gasteiger partial charge in [0.1, 0.15) is 13.2 Å². The van der Waals surface area contributed by atoms with Crippen LogP contribution < -0.4 is 14.8 Å². The second-order valence-corrected chi connectivity index (χ2v) is 6.60. The van der Waals surface area contributed by atoms with Gasteiger partial charge in [-0.2, -0.15) is 0 Å². The first-order valence-corrected chi connectivity index (χ1v) is 9.38. The number of rotatable bonds is 6. The molecule has 0 saturated carbocycles. The van der Waals surface area contributed by atoms with Gasteiger partial charge in [-0.3, -0.25) is 10.1 Å². The molecule has 0 radical (unpaired) electrons. The van der Waals surface area contributed by atoms with E-state index in [9.17, 15) is 4.79 Å². The monoisotopic (exact) mass is 365 g/mol. The molecule has 1 amide bonds. The number of aryl methyl sites for hydroxylation is 2. The van der Waals surface area contributed by atoms with Crippen LogP contribution in [0.3, 0.4) is 0 Å². The molecule has 4 rings (SSSR count). The van der Waals surface area contributed by atoms with E-state index in [1.807, 2.05) is 42.5 Å². The zero-order chi connectivity index (χ0) is 18.6. The fraction of sp³-hybridized carbons (Fsp3) is 0.333. The molecule has 0 fully saturated rings. The topological polar surface area (TPSA) is 65.4 Å². The molecule has 1 aliphatic rings. The van der Waals surface area contributed by atoms with Gasteiger partial charge in [0, 0.05) is 13.0 Å². The molecule has 0 bridgehead atoms. The molecule has 1 aromatic heterocycles. The van der Waals surface area contributed by atoms with E-state index in [2.05, 4.69) is 21.8 Å². The molecule has 27 heavy (non-hydrogen) atoms. The number of nitrogens with zero attached hydrogens (tertiary/aromatic N) is 2. The van der Waals surface area contributed by atoms with Crippen molar-refractivity contribution in [2.45, 2.75) is 32.7 Å². The van der Waals surface area contributed by atoms with Crippen LogP contribution in [0.25, 0.3) is 11.0 Å². The van der Waals surface area contributed by atoms with E-state index in [1.54, 1.807) is 0 Å². The van der Waals surface area contributed by atoms with Gasteiger partial charge in [-0.05, 0) is 42.7 Å². The maximum Gasteiger partial charge on any atom is 0.227 e. The molecule has 6 nitrogen and oxygen atoms in total. The molecule has 0 saturated heterocycles. The summed E-state index contributed by atoms with van der Waals surface area (Å²) < 4.78 is 13.2. The van der Waals surface area contributed by atoms with E-state index in [0.717, 1.165) is 41.1 Å². The quantitative estimate of drug-likeness (QED) is 0.722. The summed E-state index contributed by atoms with van der Waals surface area (Å²) in [6.07, 6.45) is 1.99. The van der Waals surface area contributed by atoms with Gasteiger partial charge in [-0.1, -0.05) is 25.1 Å². The first-order chi connectivity index (χ1) is 13.2. The van der Waals surface area contributed by atoms with Crippen molar-refractivity contribution in [1.29, 1.82) is 0 Å². The van der Waals surface area contributed by atoms with Crippen LogP contribution in [0.4, 0.5) is 5.95 Å². The van der Waals surface area contributed by atoms with Crippen molar-refractivity contribution in [2.75, 3.05) is 18.5 Å². The number of para-hydroxylation sites is 2. The van der Waals surface area contributed by atoms with Crippen LogP contribution in [0.2, 0.25) is 0 Å². The Labute approximate surface area is 158 Å². The van der Waals surface area contributed by atoms with E-state index in [0.29, 0.717) is 32.0 Å². The molecule has 0 spiro atoms. The summed E-state index contributed by atoms with van der Waals surface area (Å²) in [4.78, 5) is 17.1. The molecule has 0 aliphatic carbocycles. The number of hydrogen-bond donors (Lipinski definition) is 1. The van der Waals surface area contributed by atoms with Gasteiger partial charge in [0.2, 0.25) is 11.9 Å². The average Bonchev–Trinajstić information content (AvgIpc) is 3.04. The number of imidazole rings is 1. The maximum absolute atomic E-state index is 12.5. The number of hydrogen-bond acceptors (Lipinski definition) is 4. The number of anilines is 1. The van der Waals surface area contributed by atoms with Crippen molar-refractivity contribution in [1.82, 2.24) is 9.55 Å². The molecule has 0 atom stereocenters. The van der Waals surface area contributed by atoms with E-state index in [4.69, 9.17) is 9.47 Å². The average molecular weight is 365 g/mol. The van der Waals surface area contributed by atoms with Crippen molar-refractivity contribution < 1.29 is 14.3 Å². The summed E-state index contributed by atoms with van der Waals surface area (Å²) >= 11 is 0. The number of ether oxygens (including phenoxy) is 2. The number of amides is 1. The largest absolute Gasteiger partial charge is 0.486 e. The Morgan fingerprint density at radius 3 is 2.81 bits per heavy atom. The summed E-state index contributed by atoms with van der Waals surface area (Å²) in [7, 11) is 0. The highest BCUT2D eigenvalue weighted by molar-refractivity contribution is 5.91. The lowest BCUT2D eigenvalue weighted by Crippen LogP contribution is -2.17. The van der Waals surface area contributed by atoms with Gasteiger partial charge in [-0.15, -0.1) is 0 Å². The number of aromatic nitrogens is 2. The van der Waals surface area contributed by atoms with Gasteiger partial charge in [0.25, 0.3) is 0 Å². The minimum Gasteiger partial charge on any atom is -0.486 e. The minimum atomic E-state index is -0.0439. The predicted octanol–water partition coefficient (Wildman–Crippen LogP) is 3.79. The van der Waals surface area contributed by atoms with Gasteiger partial charge >= 0.3 is 0 Å². The van der Waals surface area contributed by atoms with E-state index in [1.165, 1.54) is 0 Å². The second-order valence-electron chi connectivity index (χ2n) is 6.60. The fourth-order valence-corrected chi connectivity index (χ4v) is 3.31.